The molecule has 0 spiro atoms. The van der Waals surface area contributed by atoms with Crippen LogP contribution in [-0.2, 0) is 6.42 Å². The van der Waals surface area contributed by atoms with Gasteiger partial charge in [0.15, 0.2) is 5.78 Å². The van der Waals surface area contributed by atoms with Crippen LogP contribution in [0.5, 0.6) is 5.75 Å². The minimum absolute atomic E-state index is 0.0497. The third-order valence-electron chi connectivity index (χ3n) is 2.89. The Morgan fingerprint density at radius 3 is 2.47 bits per heavy atom. The Balaban J connectivity index is 2.43. The summed E-state index contributed by atoms with van der Waals surface area (Å²) in [5, 5.41) is 19.0. The summed E-state index contributed by atoms with van der Waals surface area (Å²) in [5.41, 5.74) is 1.74. The summed E-state index contributed by atoms with van der Waals surface area (Å²) in [6, 6.07) is 13.6. The summed E-state index contributed by atoms with van der Waals surface area (Å²) in [5.74, 6) is -0.0965. The van der Waals surface area contributed by atoms with Gasteiger partial charge in [-0.25, -0.2) is 0 Å². The van der Waals surface area contributed by atoms with Crippen LogP contribution in [0.1, 0.15) is 28.4 Å². The fraction of sp³-hybridized carbons (Fsp3) is 0.188. The predicted octanol–water partition coefficient (Wildman–Crippen LogP) is 2.55. The second-order valence-corrected chi connectivity index (χ2v) is 4.59. The lowest BCUT2D eigenvalue weighted by Gasteiger charge is -2.11. The highest BCUT2D eigenvalue weighted by molar-refractivity contribution is 6.10. The molecule has 0 aliphatic carbocycles. The molecule has 0 aliphatic heterocycles. The van der Waals surface area contributed by atoms with Gasteiger partial charge in [0.25, 0.3) is 0 Å². The standard InChI is InChI=1S/C16H16O3/c1-11(17)9-13-7-8-14(18)10-15(13)16(19)12-5-3-2-4-6-12/h2-8,10-11,17-18H,9H2,1H3. The third-order valence-corrected chi connectivity index (χ3v) is 2.89. The molecule has 0 fully saturated rings. The summed E-state index contributed by atoms with van der Waals surface area (Å²) in [4.78, 5) is 12.4. The molecule has 0 saturated heterocycles. The van der Waals surface area contributed by atoms with Crippen LogP contribution in [0.3, 0.4) is 0 Å². The Bertz CT molecular complexity index is 574. The van der Waals surface area contributed by atoms with Crippen LogP contribution < -0.4 is 0 Å². The zero-order valence-corrected chi connectivity index (χ0v) is 10.7. The van der Waals surface area contributed by atoms with E-state index in [1.807, 2.05) is 6.07 Å². The van der Waals surface area contributed by atoms with Gasteiger partial charge in [-0.15, -0.1) is 0 Å². The normalized spacial score (nSPS) is 12.1. The molecular weight excluding hydrogens is 240 g/mol. The number of aliphatic hydroxyl groups is 1. The Labute approximate surface area is 112 Å². The maximum Gasteiger partial charge on any atom is 0.193 e. The highest BCUT2D eigenvalue weighted by Gasteiger charge is 2.15. The van der Waals surface area contributed by atoms with Crippen LogP contribution in [0.4, 0.5) is 0 Å². The van der Waals surface area contributed by atoms with Crippen LogP contribution in [0.15, 0.2) is 48.5 Å². The number of phenols is 1. The highest BCUT2D eigenvalue weighted by atomic mass is 16.3. The minimum Gasteiger partial charge on any atom is -0.508 e. The van der Waals surface area contributed by atoms with E-state index in [-0.39, 0.29) is 11.5 Å². The van der Waals surface area contributed by atoms with Gasteiger partial charge in [-0.3, -0.25) is 4.79 Å². The van der Waals surface area contributed by atoms with Gasteiger partial charge in [0.1, 0.15) is 5.75 Å². The van der Waals surface area contributed by atoms with E-state index in [4.69, 9.17) is 0 Å². The molecule has 19 heavy (non-hydrogen) atoms. The second kappa shape index (κ2) is 5.67. The van der Waals surface area contributed by atoms with Crippen LogP contribution in [0.2, 0.25) is 0 Å². The molecule has 0 amide bonds. The number of aliphatic hydroxyl groups excluding tert-OH is 1. The van der Waals surface area contributed by atoms with E-state index < -0.39 is 6.10 Å². The number of benzene rings is 2. The van der Waals surface area contributed by atoms with E-state index in [1.54, 1.807) is 37.3 Å². The molecule has 1 unspecified atom stereocenters. The largest absolute Gasteiger partial charge is 0.508 e. The van der Waals surface area contributed by atoms with Crippen molar-refractivity contribution in [1.29, 1.82) is 0 Å². The lowest BCUT2D eigenvalue weighted by Crippen LogP contribution is -2.11. The molecule has 2 rings (SSSR count). The predicted molar refractivity (Wildman–Crippen MR) is 73.4 cm³/mol. The van der Waals surface area contributed by atoms with Crippen LogP contribution in [-0.4, -0.2) is 22.1 Å². The monoisotopic (exact) mass is 256 g/mol. The third kappa shape index (κ3) is 3.20. The average Bonchev–Trinajstić information content (AvgIpc) is 2.40. The Hall–Kier alpha value is -2.13. The zero-order chi connectivity index (χ0) is 13.8. The number of carbonyl (C=O) groups excluding carboxylic acids is 1. The minimum atomic E-state index is -0.535. The van der Waals surface area contributed by atoms with Gasteiger partial charge in [0, 0.05) is 11.1 Å². The maximum absolute atomic E-state index is 12.4. The van der Waals surface area contributed by atoms with Crippen molar-refractivity contribution in [2.45, 2.75) is 19.4 Å². The summed E-state index contributed by atoms with van der Waals surface area (Å²) >= 11 is 0. The summed E-state index contributed by atoms with van der Waals surface area (Å²) in [7, 11) is 0. The van der Waals surface area contributed by atoms with E-state index >= 15 is 0 Å². The van der Waals surface area contributed by atoms with Gasteiger partial charge >= 0.3 is 0 Å². The number of ketones is 1. The smallest absolute Gasteiger partial charge is 0.193 e. The zero-order valence-electron chi connectivity index (χ0n) is 10.7. The molecule has 1 atom stereocenters. The topological polar surface area (TPSA) is 57.5 Å². The molecule has 2 N–H and O–H groups in total. The first-order chi connectivity index (χ1) is 9.08. The number of hydrogen-bond acceptors (Lipinski definition) is 3. The molecule has 98 valence electrons. The first-order valence-electron chi connectivity index (χ1n) is 6.17. The van der Waals surface area contributed by atoms with E-state index in [9.17, 15) is 15.0 Å². The summed E-state index contributed by atoms with van der Waals surface area (Å²) in [6.07, 6.45) is -0.152. The van der Waals surface area contributed by atoms with Crippen molar-refractivity contribution in [3.63, 3.8) is 0 Å². The van der Waals surface area contributed by atoms with Gasteiger partial charge in [-0.1, -0.05) is 36.4 Å². The lowest BCUT2D eigenvalue weighted by atomic mass is 9.95. The molecule has 0 bridgehead atoms. The fourth-order valence-corrected chi connectivity index (χ4v) is 2.02. The summed E-state index contributed by atoms with van der Waals surface area (Å²) in [6.45, 7) is 1.67. The van der Waals surface area contributed by atoms with E-state index in [2.05, 4.69) is 0 Å². The number of phenolic OH excluding ortho intramolecular Hbond substituents is 1. The number of carbonyl (C=O) groups is 1. The average molecular weight is 256 g/mol. The van der Waals surface area contributed by atoms with Crippen molar-refractivity contribution >= 4 is 5.78 Å². The van der Waals surface area contributed by atoms with Gasteiger partial charge in [-0.2, -0.15) is 0 Å². The lowest BCUT2D eigenvalue weighted by molar-refractivity contribution is 0.103. The molecule has 3 heteroatoms. The SMILES string of the molecule is CC(O)Cc1ccc(O)cc1C(=O)c1ccccc1. The van der Waals surface area contributed by atoms with Gasteiger partial charge in [0.05, 0.1) is 6.10 Å². The van der Waals surface area contributed by atoms with E-state index in [0.29, 0.717) is 17.5 Å². The highest BCUT2D eigenvalue weighted by Crippen LogP contribution is 2.21. The Kier molecular flexibility index (Phi) is 3.97. The van der Waals surface area contributed by atoms with Crippen molar-refractivity contribution in [3.8, 4) is 5.75 Å². The number of aromatic hydroxyl groups is 1. The first-order valence-corrected chi connectivity index (χ1v) is 6.17. The molecule has 2 aromatic rings. The quantitative estimate of drug-likeness (QED) is 0.826. The second-order valence-electron chi connectivity index (χ2n) is 4.59. The molecule has 3 nitrogen and oxygen atoms in total. The van der Waals surface area contributed by atoms with Crippen molar-refractivity contribution in [2.75, 3.05) is 0 Å². The van der Waals surface area contributed by atoms with Crippen LogP contribution >= 0.6 is 0 Å². The van der Waals surface area contributed by atoms with Crippen molar-refractivity contribution in [3.05, 3.63) is 65.2 Å². The fourth-order valence-electron chi connectivity index (χ4n) is 2.02. The Morgan fingerprint density at radius 1 is 1.16 bits per heavy atom. The molecule has 2 aromatic carbocycles. The van der Waals surface area contributed by atoms with Gasteiger partial charge in [-0.05, 0) is 31.0 Å². The van der Waals surface area contributed by atoms with Crippen molar-refractivity contribution in [1.82, 2.24) is 0 Å². The van der Waals surface area contributed by atoms with Crippen LogP contribution in [0, 0.1) is 0 Å². The molecule has 0 saturated carbocycles. The number of hydrogen-bond donors (Lipinski definition) is 2. The van der Waals surface area contributed by atoms with Crippen molar-refractivity contribution in [2.24, 2.45) is 0 Å². The van der Waals surface area contributed by atoms with E-state index in [1.165, 1.54) is 12.1 Å². The molecule has 0 radical (unpaired) electrons. The van der Waals surface area contributed by atoms with E-state index in [0.717, 1.165) is 5.56 Å². The van der Waals surface area contributed by atoms with Gasteiger partial charge < -0.3 is 10.2 Å². The molecule has 0 aliphatic rings. The number of rotatable bonds is 4. The van der Waals surface area contributed by atoms with Crippen LogP contribution in [0.25, 0.3) is 0 Å². The first kappa shape index (κ1) is 13.3. The maximum atomic E-state index is 12.4. The molecular formula is C16H16O3. The molecule has 0 aromatic heterocycles. The Morgan fingerprint density at radius 2 is 1.84 bits per heavy atom. The van der Waals surface area contributed by atoms with Crippen molar-refractivity contribution < 1.29 is 15.0 Å². The molecule has 0 heterocycles. The summed E-state index contributed by atoms with van der Waals surface area (Å²) < 4.78 is 0. The van der Waals surface area contributed by atoms with Gasteiger partial charge in [0.2, 0.25) is 0 Å².